The number of carbonyl (C=O) groups is 2. The van der Waals surface area contributed by atoms with E-state index in [2.05, 4.69) is 16.0 Å². The first-order valence-corrected chi connectivity index (χ1v) is 13.3. The normalized spacial score (nSPS) is 16.0. The molecule has 2 aromatic carbocycles. The first-order valence-electron chi connectivity index (χ1n) is 10.6. The van der Waals surface area contributed by atoms with E-state index in [9.17, 15) is 18.0 Å². The average molecular weight is 519 g/mol. The lowest BCUT2D eigenvalue weighted by Crippen LogP contribution is -2.45. The minimum absolute atomic E-state index is 0.0255. The maximum absolute atomic E-state index is 13.1. The van der Waals surface area contributed by atoms with Gasteiger partial charge in [0.1, 0.15) is 4.88 Å². The number of anilines is 1. The maximum atomic E-state index is 13.1. The highest BCUT2D eigenvalue weighted by Crippen LogP contribution is 2.35. The van der Waals surface area contributed by atoms with Crippen LogP contribution in [0.3, 0.4) is 0 Å². The smallest absolute Gasteiger partial charge is 0.333 e. The van der Waals surface area contributed by atoms with E-state index >= 15 is 0 Å². The monoisotopic (exact) mass is 518 g/mol. The van der Waals surface area contributed by atoms with Gasteiger partial charge in [-0.05, 0) is 55.3 Å². The van der Waals surface area contributed by atoms with Gasteiger partial charge in [0.2, 0.25) is 0 Å². The zero-order chi connectivity index (χ0) is 24.1. The van der Waals surface area contributed by atoms with Gasteiger partial charge in [0.15, 0.2) is 0 Å². The molecule has 178 valence electrons. The summed E-state index contributed by atoms with van der Waals surface area (Å²) >= 11 is 7.19. The molecular weight excluding hydrogens is 496 g/mol. The number of hydrogen-bond donors (Lipinski definition) is 4. The molecule has 11 heteroatoms. The number of rotatable bonds is 6. The van der Waals surface area contributed by atoms with Crippen molar-refractivity contribution in [1.82, 2.24) is 15.4 Å². The van der Waals surface area contributed by atoms with Gasteiger partial charge >= 0.3 is 6.03 Å². The SMILES string of the molecule is O=C(Nc1cc(-c2ccc(Cl)cc2)sc1C(=O)N[C@H]1CCCNC1)NS(=O)(=O)c1ccccc1. The van der Waals surface area contributed by atoms with Crippen molar-refractivity contribution >= 4 is 50.6 Å². The molecule has 1 atom stereocenters. The minimum atomic E-state index is -4.07. The number of thiophene rings is 1. The molecule has 0 aliphatic carbocycles. The van der Waals surface area contributed by atoms with Crippen LogP contribution in [0.1, 0.15) is 22.5 Å². The van der Waals surface area contributed by atoms with E-state index in [-0.39, 0.29) is 27.4 Å². The van der Waals surface area contributed by atoms with Crippen LogP contribution in [0.4, 0.5) is 10.5 Å². The van der Waals surface area contributed by atoms with Crippen LogP contribution in [0.2, 0.25) is 5.02 Å². The largest absolute Gasteiger partial charge is 0.347 e. The van der Waals surface area contributed by atoms with E-state index in [4.69, 9.17) is 11.6 Å². The van der Waals surface area contributed by atoms with Crippen molar-refractivity contribution in [3.05, 3.63) is 70.6 Å². The van der Waals surface area contributed by atoms with Gasteiger partial charge in [-0.2, -0.15) is 0 Å². The molecule has 0 unspecified atom stereocenters. The van der Waals surface area contributed by atoms with Crippen LogP contribution in [0.5, 0.6) is 0 Å². The van der Waals surface area contributed by atoms with Crippen LogP contribution < -0.4 is 20.7 Å². The van der Waals surface area contributed by atoms with Crippen molar-refractivity contribution in [2.75, 3.05) is 18.4 Å². The van der Waals surface area contributed by atoms with Crippen LogP contribution in [0.15, 0.2) is 65.6 Å². The predicted molar refractivity (Wildman–Crippen MR) is 134 cm³/mol. The Morgan fingerprint density at radius 3 is 2.47 bits per heavy atom. The Kier molecular flexibility index (Phi) is 7.52. The highest BCUT2D eigenvalue weighted by atomic mass is 35.5. The Morgan fingerprint density at radius 1 is 1.06 bits per heavy atom. The summed E-state index contributed by atoms with van der Waals surface area (Å²) in [5.74, 6) is -0.333. The summed E-state index contributed by atoms with van der Waals surface area (Å²) in [6.45, 7) is 1.58. The van der Waals surface area contributed by atoms with Crippen molar-refractivity contribution in [2.45, 2.75) is 23.8 Å². The molecule has 0 spiro atoms. The molecule has 3 aromatic rings. The van der Waals surface area contributed by atoms with Gasteiger partial charge < -0.3 is 16.0 Å². The van der Waals surface area contributed by atoms with Crippen LogP contribution in [0, 0.1) is 0 Å². The molecular formula is C23H23ClN4O4S2. The fourth-order valence-electron chi connectivity index (χ4n) is 3.56. The Morgan fingerprint density at radius 2 is 1.79 bits per heavy atom. The predicted octanol–water partition coefficient (Wildman–Crippen LogP) is 4.06. The lowest BCUT2D eigenvalue weighted by atomic mass is 10.1. The molecule has 4 N–H and O–H groups in total. The molecule has 3 amide bonds. The molecule has 1 aliphatic rings. The van der Waals surface area contributed by atoms with Gasteiger partial charge in [-0.1, -0.05) is 41.9 Å². The summed E-state index contributed by atoms with van der Waals surface area (Å²) in [6, 6.07) is 15.3. The summed E-state index contributed by atoms with van der Waals surface area (Å²) in [6.07, 6.45) is 1.81. The van der Waals surface area contributed by atoms with E-state index in [1.807, 2.05) is 16.9 Å². The first kappa shape index (κ1) is 24.2. The van der Waals surface area contributed by atoms with Crippen molar-refractivity contribution in [2.24, 2.45) is 0 Å². The van der Waals surface area contributed by atoms with Crippen LogP contribution >= 0.6 is 22.9 Å². The van der Waals surface area contributed by atoms with Gasteiger partial charge in [0.05, 0.1) is 10.6 Å². The van der Waals surface area contributed by atoms with Crippen molar-refractivity contribution < 1.29 is 18.0 Å². The van der Waals surface area contributed by atoms with E-state index < -0.39 is 16.1 Å². The molecule has 1 saturated heterocycles. The second kappa shape index (κ2) is 10.6. The minimum Gasteiger partial charge on any atom is -0.347 e. The van der Waals surface area contributed by atoms with Crippen LogP contribution in [-0.4, -0.2) is 39.5 Å². The average Bonchev–Trinajstić information content (AvgIpc) is 3.24. The lowest BCUT2D eigenvalue weighted by Gasteiger charge is -2.23. The zero-order valence-corrected chi connectivity index (χ0v) is 20.4. The molecule has 8 nitrogen and oxygen atoms in total. The summed E-state index contributed by atoms with van der Waals surface area (Å²) in [7, 11) is -4.07. The quantitative estimate of drug-likeness (QED) is 0.392. The Hall–Kier alpha value is -2.92. The second-order valence-corrected chi connectivity index (χ2v) is 10.9. The molecule has 0 saturated carbocycles. The Bertz CT molecular complexity index is 1270. The van der Waals surface area contributed by atoms with Gasteiger partial charge in [0, 0.05) is 22.5 Å². The third-order valence-electron chi connectivity index (χ3n) is 5.23. The van der Waals surface area contributed by atoms with Crippen molar-refractivity contribution in [3.63, 3.8) is 0 Å². The standard InChI is InChI=1S/C23H23ClN4O4S2/c24-16-10-8-15(9-11-16)20-13-19(21(33-20)22(29)26-17-5-4-12-25-14-17)27-23(30)28-34(31,32)18-6-2-1-3-7-18/h1-3,6-11,13,17,25H,4-5,12,14H2,(H,26,29)(H2,27,28,30)/t17-/m0/s1. The van der Waals surface area contributed by atoms with E-state index in [0.29, 0.717) is 11.6 Å². The maximum Gasteiger partial charge on any atom is 0.333 e. The number of sulfonamides is 1. The van der Waals surface area contributed by atoms with Crippen molar-refractivity contribution in [3.8, 4) is 10.4 Å². The third kappa shape index (κ3) is 5.95. The Balaban J connectivity index is 1.58. The molecule has 1 aromatic heterocycles. The highest BCUT2D eigenvalue weighted by Gasteiger charge is 2.24. The van der Waals surface area contributed by atoms with Crippen LogP contribution in [0.25, 0.3) is 10.4 Å². The number of hydrogen-bond acceptors (Lipinski definition) is 6. The van der Waals surface area contributed by atoms with Crippen LogP contribution in [-0.2, 0) is 10.0 Å². The Labute approximate surface area is 206 Å². The molecule has 0 bridgehead atoms. The van der Waals surface area contributed by atoms with Gasteiger partial charge in [0.25, 0.3) is 15.9 Å². The molecule has 1 fully saturated rings. The summed E-state index contributed by atoms with van der Waals surface area (Å²) < 4.78 is 27.0. The van der Waals surface area contributed by atoms with Gasteiger partial charge in [-0.15, -0.1) is 11.3 Å². The first-order chi connectivity index (χ1) is 16.3. The van der Waals surface area contributed by atoms with E-state index in [0.717, 1.165) is 29.8 Å². The van der Waals surface area contributed by atoms with E-state index in [1.54, 1.807) is 36.4 Å². The van der Waals surface area contributed by atoms with Gasteiger partial charge in [-0.3, -0.25) is 4.79 Å². The molecule has 0 radical (unpaired) electrons. The zero-order valence-electron chi connectivity index (χ0n) is 18.0. The molecule has 2 heterocycles. The molecule has 1 aliphatic heterocycles. The lowest BCUT2D eigenvalue weighted by molar-refractivity contribution is 0.0935. The van der Waals surface area contributed by atoms with Crippen molar-refractivity contribution in [1.29, 1.82) is 0 Å². The number of urea groups is 1. The fourth-order valence-corrected chi connectivity index (χ4v) is 5.64. The number of benzene rings is 2. The summed E-state index contributed by atoms with van der Waals surface area (Å²) in [5.41, 5.74) is 1.03. The number of carbonyl (C=O) groups excluding carboxylic acids is 2. The molecule has 34 heavy (non-hydrogen) atoms. The summed E-state index contributed by atoms with van der Waals surface area (Å²) in [5, 5.41) is 9.35. The number of halogens is 1. The topological polar surface area (TPSA) is 116 Å². The van der Waals surface area contributed by atoms with Gasteiger partial charge in [-0.25, -0.2) is 17.9 Å². The number of piperidine rings is 1. The highest BCUT2D eigenvalue weighted by molar-refractivity contribution is 7.90. The second-order valence-electron chi connectivity index (χ2n) is 7.75. The van der Waals surface area contributed by atoms with E-state index in [1.165, 1.54) is 23.5 Å². The summed E-state index contributed by atoms with van der Waals surface area (Å²) in [4.78, 5) is 26.6. The molecule has 4 rings (SSSR count). The number of amides is 3. The third-order valence-corrected chi connectivity index (χ3v) is 8.01. The number of nitrogens with one attached hydrogen (secondary N) is 4. The fraction of sp³-hybridized carbons (Fsp3) is 0.217.